The average Bonchev–Trinajstić information content (AvgIpc) is 3.43. The van der Waals surface area contributed by atoms with E-state index in [1.165, 1.54) is 20.3 Å². The van der Waals surface area contributed by atoms with E-state index in [1.54, 1.807) is 12.3 Å². The molecule has 0 unspecified atom stereocenters. The zero-order valence-electron chi connectivity index (χ0n) is 23.5. The normalized spacial score (nSPS) is 19.7. The molecule has 2 fully saturated rings. The van der Waals surface area contributed by atoms with Gasteiger partial charge in [-0.15, -0.1) is 0 Å². The lowest BCUT2D eigenvalue weighted by molar-refractivity contribution is -0.117. The molecule has 0 spiro atoms. The Morgan fingerprint density at radius 1 is 1.17 bits per heavy atom. The number of piperidine rings is 1. The van der Waals surface area contributed by atoms with Crippen LogP contribution < -0.4 is 25.0 Å². The van der Waals surface area contributed by atoms with Gasteiger partial charge in [-0.2, -0.15) is 5.26 Å². The minimum absolute atomic E-state index is 0.241. The highest BCUT2D eigenvalue weighted by atomic mass is 35.5. The number of nitrogens with zero attached hydrogens (tertiary/aromatic N) is 5. The van der Waals surface area contributed by atoms with E-state index in [0.717, 1.165) is 0 Å². The molecule has 4 heterocycles. The number of carbonyl (C=O) groups is 1. The number of pyridine rings is 1. The first kappa shape index (κ1) is 29.6. The minimum Gasteiger partial charge on any atom is -0.495 e. The zero-order valence-corrected chi connectivity index (χ0v) is 25.1. The van der Waals surface area contributed by atoms with Gasteiger partial charge in [-0.05, 0) is 31.9 Å². The standard InChI is InChI=1S/C29H31Cl2N7O4/c1-5-22(39)34-18-13-42-14-19(18)36-28-33-12-16-10-17(23-24(30)20(40-3)11-21(41-4)25(23)31)35-27(26(16)37-28)38-8-6-29(2,15-32)7-9-38/h5,10-12,18-19H,1,6-9,13-14H2,2-4H3,(H,34,39)(H,33,36,37)/t18-,19+/m0/s1. The maximum atomic E-state index is 11.9. The summed E-state index contributed by atoms with van der Waals surface area (Å²) in [6, 6.07) is 5.38. The third kappa shape index (κ3) is 5.75. The summed E-state index contributed by atoms with van der Waals surface area (Å²) in [5.41, 5.74) is 1.16. The van der Waals surface area contributed by atoms with Crippen molar-refractivity contribution in [1.29, 1.82) is 5.26 Å². The third-order valence-electron chi connectivity index (χ3n) is 7.72. The molecule has 11 nitrogen and oxygen atoms in total. The number of amides is 1. The van der Waals surface area contributed by atoms with Gasteiger partial charge in [-0.3, -0.25) is 4.79 Å². The second-order valence-corrected chi connectivity index (χ2v) is 11.3. The highest BCUT2D eigenvalue weighted by Gasteiger charge is 2.33. The second-order valence-electron chi connectivity index (χ2n) is 10.5. The number of ether oxygens (including phenoxy) is 3. The van der Waals surface area contributed by atoms with Crippen LogP contribution in [-0.2, 0) is 9.53 Å². The number of fused-ring (bicyclic) bond motifs is 1. The fourth-order valence-corrected chi connectivity index (χ4v) is 5.82. The van der Waals surface area contributed by atoms with Crippen LogP contribution in [0.3, 0.4) is 0 Å². The first-order valence-electron chi connectivity index (χ1n) is 13.4. The molecule has 13 heteroatoms. The van der Waals surface area contributed by atoms with E-state index in [2.05, 4.69) is 33.2 Å². The van der Waals surface area contributed by atoms with Gasteiger partial charge >= 0.3 is 0 Å². The second kappa shape index (κ2) is 12.2. The lowest BCUT2D eigenvalue weighted by Crippen LogP contribution is -2.45. The maximum Gasteiger partial charge on any atom is 0.243 e. The number of benzene rings is 1. The summed E-state index contributed by atoms with van der Waals surface area (Å²) in [5, 5.41) is 17.2. The van der Waals surface area contributed by atoms with Gasteiger partial charge in [0.25, 0.3) is 0 Å². The number of methoxy groups -OCH3 is 2. The molecule has 1 aromatic carbocycles. The van der Waals surface area contributed by atoms with Crippen LogP contribution in [0.1, 0.15) is 19.8 Å². The van der Waals surface area contributed by atoms with Crippen LogP contribution in [0.15, 0.2) is 31.0 Å². The Labute approximate surface area is 253 Å². The third-order valence-corrected chi connectivity index (χ3v) is 8.47. The van der Waals surface area contributed by atoms with E-state index in [-0.39, 0.29) is 18.0 Å². The Kier molecular flexibility index (Phi) is 8.59. The van der Waals surface area contributed by atoms with Crippen molar-refractivity contribution >= 4 is 51.8 Å². The summed E-state index contributed by atoms with van der Waals surface area (Å²) < 4.78 is 16.5. The van der Waals surface area contributed by atoms with E-state index in [0.29, 0.717) is 94.6 Å². The van der Waals surface area contributed by atoms with Crippen LogP contribution in [-0.4, -0.2) is 73.5 Å². The fourth-order valence-electron chi connectivity index (χ4n) is 5.12. The number of nitriles is 1. The maximum absolute atomic E-state index is 11.9. The van der Waals surface area contributed by atoms with E-state index < -0.39 is 5.41 Å². The molecule has 2 aliphatic heterocycles. The summed E-state index contributed by atoms with van der Waals surface area (Å²) in [5.74, 6) is 1.49. The Bertz CT molecular complexity index is 1540. The van der Waals surface area contributed by atoms with Crippen LogP contribution in [0.5, 0.6) is 11.5 Å². The molecular formula is C29H31Cl2N7O4. The van der Waals surface area contributed by atoms with Gasteiger partial charge in [0, 0.05) is 36.3 Å². The van der Waals surface area contributed by atoms with Crippen LogP contribution in [0.25, 0.3) is 22.2 Å². The molecule has 42 heavy (non-hydrogen) atoms. The largest absolute Gasteiger partial charge is 0.495 e. The first-order chi connectivity index (χ1) is 20.2. The Morgan fingerprint density at radius 3 is 2.45 bits per heavy atom. The molecule has 1 amide bonds. The number of nitrogens with one attached hydrogen (secondary N) is 2. The number of hydrogen-bond acceptors (Lipinski definition) is 10. The van der Waals surface area contributed by atoms with Crippen molar-refractivity contribution in [2.45, 2.75) is 31.8 Å². The first-order valence-corrected chi connectivity index (χ1v) is 14.2. The van der Waals surface area contributed by atoms with Crippen molar-refractivity contribution < 1.29 is 19.0 Å². The van der Waals surface area contributed by atoms with Crippen LogP contribution in [0, 0.1) is 16.7 Å². The summed E-state index contributed by atoms with van der Waals surface area (Å²) in [7, 11) is 3.03. The smallest absolute Gasteiger partial charge is 0.243 e. The number of anilines is 2. The molecule has 5 rings (SSSR count). The molecule has 0 aliphatic carbocycles. The van der Waals surface area contributed by atoms with Gasteiger partial charge < -0.3 is 29.7 Å². The summed E-state index contributed by atoms with van der Waals surface area (Å²) in [4.78, 5) is 28.5. The molecule has 2 atom stereocenters. The molecule has 220 valence electrons. The topological polar surface area (TPSA) is 135 Å². The summed E-state index contributed by atoms with van der Waals surface area (Å²) in [6.45, 7) is 7.44. The van der Waals surface area contributed by atoms with Gasteiger partial charge in [0.05, 0.1) is 66.7 Å². The minimum atomic E-state index is -0.411. The van der Waals surface area contributed by atoms with Crippen molar-refractivity contribution in [3.8, 4) is 28.8 Å². The van der Waals surface area contributed by atoms with E-state index in [4.69, 9.17) is 47.4 Å². The quantitative estimate of drug-likeness (QED) is 0.347. The number of rotatable bonds is 8. The van der Waals surface area contributed by atoms with Gasteiger partial charge in [0.15, 0.2) is 5.82 Å². The van der Waals surface area contributed by atoms with Gasteiger partial charge in [-0.1, -0.05) is 29.8 Å². The van der Waals surface area contributed by atoms with Crippen LogP contribution in [0.2, 0.25) is 10.0 Å². The molecule has 0 saturated carbocycles. The van der Waals surface area contributed by atoms with Crippen molar-refractivity contribution in [3.63, 3.8) is 0 Å². The van der Waals surface area contributed by atoms with Gasteiger partial charge in [0.2, 0.25) is 11.9 Å². The Hall–Kier alpha value is -3.85. The van der Waals surface area contributed by atoms with Crippen molar-refractivity contribution in [2.24, 2.45) is 5.41 Å². The molecule has 2 aromatic heterocycles. The molecule has 3 aromatic rings. The highest BCUT2D eigenvalue weighted by Crippen LogP contribution is 2.46. The van der Waals surface area contributed by atoms with Crippen LogP contribution in [0.4, 0.5) is 11.8 Å². The highest BCUT2D eigenvalue weighted by molar-refractivity contribution is 6.41. The Balaban J connectivity index is 1.60. The van der Waals surface area contributed by atoms with Gasteiger partial charge in [-0.25, -0.2) is 15.0 Å². The monoisotopic (exact) mass is 611 g/mol. The van der Waals surface area contributed by atoms with Gasteiger partial charge in [0.1, 0.15) is 17.0 Å². The van der Waals surface area contributed by atoms with Crippen molar-refractivity contribution in [2.75, 3.05) is 50.7 Å². The number of hydrogen-bond donors (Lipinski definition) is 2. The average molecular weight is 613 g/mol. The zero-order chi connectivity index (χ0) is 30.0. The fraction of sp³-hybridized carbons (Fsp3) is 0.414. The lowest BCUT2D eigenvalue weighted by Gasteiger charge is -2.36. The lowest BCUT2D eigenvalue weighted by atomic mass is 9.82. The molecule has 2 N–H and O–H groups in total. The Morgan fingerprint density at radius 2 is 1.83 bits per heavy atom. The molecule has 0 radical (unpaired) electrons. The molecule has 0 bridgehead atoms. The van der Waals surface area contributed by atoms with E-state index in [1.807, 2.05) is 13.0 Å². The van der Waals surface area contributed by atoms with Crippen molar-refractivity contribution in [3.05, 3.63) is 41.0 Å². The molecule has 2 saturated heterocycles. The van der Waals surface area contributed by atoms with Crippen molar-refractivity contribution in [1.82, 2.24) is 20.3 Å². The predicted octanol–water partition coefficient (Wildman–Crippen LogP) is 4.63. The van der Waals surface area contributed by atoms with E-state index >= 15 is 0 Å². The number of carbonyl (C=O) groups excluding carboxylic acids is 1. The van der Waals surface area contributed by atoms with E-state index in [9.17, 15) is 10.1 Å². The number of aromatic nitrogens is 3. The predicted molar refractivity (Wildman–Crippen MR) is 161 cm³/mol. The SMILES string of the molecule is C=CC(=O)N[C@H]1COC[C@H]1Nc1ncc2cc(-c3c(Cl)c(OC)cc(OC)c3Cl)nc(N3CCC(C)(C#N)CC3)c2n1. The summed E-state index contributed by atoms with van der Waals surface area (Å²) in [6.07, 6.45) is 4.27. The molecular weight excluding hydrogens is 581 g/mol. The number of halogens is 2. The molecule has 2 aliphatic rings. The summed E-state index contributed by atoms with van der Waals surface area (Å²) >= 11 is 13.5. The van der Waals surface area contributed by atoms with Crippen LogP contribution >= 0.6 is 23.2 Å².